The van der Waals surface area contributed by atoms with E-state index in [1.165, 1.54) is 19.2 Å². The van der Waals surface area contributed by atoms with Gasteiger partial charge < -0.3 is 10.1 Å². The third kappa shape index (κ3) is 3.56. The Hall–Kier alpha value is -1.98. The summed E-state index contributed by atoms with van der Waals surface area (Å²) in [5.41, 5.74) is 1.34. The molecule has 110 valence electrons. The largest absolute Gasteiger partial charge is 0.494 e. The Morgan fingerprint density at radius 1 is 1.24 bits per heavy atom. The van der Waals surface area contributed by atoms with Crippen LogP contribution in [0.3, 0.4) is 0 Å². The topological polar surface area (TPSA) is 64.4 Å². The van der Waals surface area contributed by atoms with Crippen LogP contribution in [0.1, 0.15) is 5.56 Å². The van der Waals surface area contributed by atoms with Crippen LogP contribution < -0.4 is 10.1 Å². The highest BCUT2D eigenvalue weighted by Gasteiger charge is 2.12. The second kappa shape index (κ2) is 6.65. The predicted octanol–water partition coefficient (Wildman–Crippen LogP) is 4.52. The predicted molar refractivity (Wildman–Crippen MR) is 83.4 cm³/mol. The van der Waals surface area contributed by atoms with Gasteiger partial charge in [-0.25, -0.2) is 0 Å². The van der Waals surface area contributed by atoms with Crippen molar-refractivity contribution in [2.75, 3.05) is 12.4 Å². The molecule has 0 saturated heterocycles. The van der Waals surface area contributed by atoms with Gasteiger partial charge in [0, 0.05) is 28.2 Å². The molecule has 2 rings (SSSR count). The van der Waals surface area contributed by atoms with Crippen LogP contribution in [0.15, 0.2) is 36.4 Å². The molecule has 0 aromatic heterocycles. The third-order valence-corrected chi connectivity index (χ3v) is 3.62. The number of rotatable bonds is 5. The lowest BCUT2D eigenvalue weighted by Gasteiger charge is -2.12. The number of nitro groups is 1. The maximum atomic E-state index is 10.7. The maximum Gasteiger partial charge on any atom is 0.273 e. The van der Waals surface area contributed by atoms with Gasteiger partial charge in [-0.2, -0.15) is 0 Å². The van der Waals surface area contributed by atoms with E-state index < -0.39 is 4.92 Å². The smallest absolute Gasteiger partial charge is 0.273 e. The van der Waals surface area contributed by atoms with E-state index in [0.29, 0.717) is 28.0 Å². The lowest BCUT2D eigenvalue weighted by atomic mass is 10.2. The summed E-state index contributed by atoms with van der Waals surface area (Å²) in [7, 11) is 1.45. The number of methoxy groups -OCH3 is 1. The molecule has 0 spiro atoms. The van der Waals surface area contributed by atoms with Crippen molar-refractivity contribution in [3.8, 4) is 5.75 Å². The zero-order valence-electron chi connectivity index (χ0n) is 11.1. The van der Waals surface area contributed by atoms with Gasteiger partial charge in [0.15, 0.2) is 0 Å². The molecule has 0 saturated carbocycles. The zero-order valence-corrected chi connectivity index (χ0v) is 12.6. The summed E-state index contributed by atoms with van der Waals surface area (Å²) in [5.74, 6) is 0.382. The molecule has 0 unspecified atom stereocenters. The Morgan fingerprint density at radius 3 is 2.48 bits per heavy atom. The van der Waals surface area contributed by atoms with E-state index in [4.69, 9.17) is 27.9 Å². The molecule has 0 aliphatic carbocycles. The third-order valence-electron chi connectivity index (χ3n) is 2.91. The Balaban J connectivity index is 2.22. The normalized spacial score (nSPS) is 10.2. The van der Waals surface area contributed by atoms with Gasteiger partial charge in [0.05, 0.1) is 23.8 Å². The number of hydrogen-bond donors (Lipinski definition) is 1. The second-order valence-corrected chi connectivity index (χ2v) is 5.01. The molecule has 0 radical (unpaired) electrons. The number of nitrogens with zero attached hydrogens (tertiary/aromatic N) is 1. The van der Waals surface area contributed by atoms with Crippen molar-refractivity contribution in [2.45, 2.75) is 6.54 Å². The van der Waals surface area contributed by atoms with Crippen LogP contribution in [0, 0.1) is 10.1 Å². The minimum atomic E-state index is -0.475. The molecule has 0 aliphatic heterocycles. The first-order valence-electron chi connectivity index (χ1n) is 6.02. The number of hydrogen-bond acceptors (Lipinski definition) is 4. The van der Waals surface area contributed by atoms with E-state index in [2.05, 4.69) is 5.32 Å². The van der Waals surface area contributed by atoms with Crippen molar-refractivity contribution in [3.63, 3.8) is 0 Å². The number of benzene rings is 2. The molecule has 0 bridgehead atoms. The molecule has 0 heterocycles. The molecule has 7 heteroatoms. The molecular formula is C14H12Cl2N2O3. The first-order valence-corrected chi connectivity index (χ1v) is 6.77. The van der Waals surface area contributed by atoms with Crippen LogP contribution in [0.5, 0.6) is 5.75 Å². The number of nitro benzene ring substituents is 1. The average molecular weight is 327 g/mol. The molecule has 1 N–H and O–H groups in total. The first-order chi connectivity index (χ1) is 10.0. The standard InChI is InChI=1S/C14H12Cl2N2O3/c1-21-14-7-9(18(19)20)5-6-13(14)17-8-10-11(15)3-2-4-12(10)16/h2-7,17H,8H2,1H3. The van der Waals surface area contributed by atoms with Gasteiger partial charge in [-0.3, -0.25) is 10.1 Å². The van der Waals surface area contributed by atoms with E-state index in [0.717, 1.165) is 5.56 Å². The maximum absolute atomic E-state index is 10.7. The Bertz CT molecular complexity index is 657. The van der Waals surface area contributed by atoms with E-state index in [1.807, 2.05) is 0 Å². The zero-order chi connectivity index (χ0) is 15.4. The Morgan fingerprint density at radius 2 is 1.90 bits per heavy atom. The summed E-state index contributed by atoms with van der Waals surface area (Å²) in [5, 5.41) is 15.0. The van der Waals surface area contributed by atoms with Gasteiger partial charge >= 0.3 is 0 Å². The molecule has 0 amide bonds. The fourth-order valence-corrected chi connectivity index (χ4v) is 2.36. The van der Waals surface area contributed by atoms with Crippen molar-refractivity contribution in [3.05, 3.63) is 62.1 Å². The number of anilines is 1. The highest BCUT2D eigenvalue weighted by atomic mass is 35.5. The van der Waals surface area contributed by atoms with Crippen molar-refractivity contribution in [1.29, 1.82) is 0 Å². The van der Waals surface area contributed by atoms with Crippen LogP contribution in [-0.2, 0) is 6.54 Å². The van der Waals surface area contributed by atoms with Crippen LogP contribution in [-0.4, -0.2) is 12.0 Å². The van der Waals surface area contributed by atoms with Crippen LogP contribution in [0.25, 0.3) is 0 Å². The van der Waals surface area contributed by atoms with Crippen LogP contribution >= 0.6 is 23.2 Å². The van der Waals surface area contributed by atoms with Crippen molar-refractivity contribution >= 4 is 34.6 Å². The highest BCUT2D eigenvalue weighted by molar-refractivity contribution is 6.36. The fraction of sp³-hybridized carbons (Fsp3) is 0.143. The molecular weight excluding hydrogens is 315 g/mol. The van der Waals surface area contributed by atoms with E-state index in [1.54, 1.807) is 24.3 Å². The van der Waals surface area contributed by atoms with Crippen LogP contribution in [0.4, 0.5) is 11.4 Å². The monoisotopic (exact) mass is 326 g/mol. The first kappa shape index (κ1) is 15.4. The minimum Gasteiger partial charge on any atom is -0.494 e. The van der Waals surface area contributed by atoms with Gasteiger partial charge in [-0.1, -0.05) is 29.3 Å². The quantitative estimate of drug-likeness (QED) is 0.648. The summed E-state index contributed by atoms with van der Waals surface area (Å²) < 4.78 is 5.15. The summed E-state index contributed by atoms with van der Waals surface area (Å²) in [6, 6.07) is 9.60. The van der Waals surface area contributed by atoms with E-state index in [9.17, 15) is 10.1 Å². The second-order valence-electron chi connectivity index (χ2n) is 4.20. The van der Waals surface area contributed by atoms with Crippen molar-refractivity contribution in [2.24, 2.45) is 0 Å². The number of ether oxygens (including phenoxy) is 1. The Labute approximate surface area is 131 Å². The highest BCUT2D eigenvalue weighted by Crippen LogP contribution is 2.31. The molecule has 0 aliphatic rings. The summed E-state index contributed by atoms with van der Waals surface area (Å²) in [6.07, 6.45) is 0. The lowest BCUT2D eigenvalue weighted by Crippen LogP contribution is -2.03. The van der Waals surface area contributed by atoms with Gasteiger partial charge in [-0.15, -0.1) is 0 Å². The number of nitrogens with one attached hydrogen (secondary N) is 1. The summed E-state index contributed by atoms with van der Waals surface area (Å²) >= 11 is 12.2. The number of non-ortho nitro benzene ring substituents is 1. The summed E-state index contributed by atoms with van der Waals surface area (Å²) in [6.45, 7) is 0.382. The summed E-state index contributed by atoms with van der Waals surface area (Å²) in [4.78, 5) is 10.3. The average Bonchev–Trinajstić information content (AvgIpc) is 2.46. The van der Waals surface area contributed by atoms with Gasteiger partial charge in [0.25, 0.3) is 5.69 Å². The minimum absolute atomic E-state index is 0.0341. The van der Waals surface area contributed by atoms with Gasteiger partial charge in [-0.05, 0) is 18.2 Å². The van der Waals surface area contributed by atoms with Crippen molar-refractivity contribution in [1.82, 2.24) is 0 Å². The lowest BCUT2D eigenvalue weighted by molar-refractivity contribution is -0.384. The van der Waals surface area contributed by atoms with Crippen LogP contribution in [0.2, 0.25) is 10.0 Å². The molecule has 0 fully saturated rings. The fourth-order valence-electron chi connectivity index (χ4n) is 1.82. The van der Waals surface area contributed by atoms with E-state index in [-0.39, 0.29) is 5.69 Å². The molecule has 0 atom stereocenters. The molecule has 2 aromatic rings. The van der Waals surface area contributed by atoms with E-state index >= 15 is 0 Å². The molecule has 5 nitrogen and oxygen atoms in total. The Kier molecular flexibility index (Phi) is 4.88. The SMILES string of the molecule is COc1cc([N+](=O)[O-])ccc1NCc1c(Cl)cccc1Cl. The van der Waals surface area contributed by atoms with Crippen molar-refractivity contribution < 1.29 is 9.66 Å². The molecule has 21 heavy (non-hydrogen) atoms. The molecule has 2 aromatic carbocycles. The van der Waals surface area contributed by atoms with Gasteiger partial charge in [0.1, 0.15) is 5.75 Å². The number of halogens is 2. The van der Waals surface area contributed by atoms with Gasteiger partial charge in [0.2, 0.25) is 0 Å².